The summed E-state index contributed by atoms with van der Waals surface area (Å²) < 4.78 is 23.8. The van der Waals surface area contributed by atoms with E-state index < -0.39 is 11.7 Å². The molecule has 0 aliphatic heterocycles. The van der Waals surface area contributed by atoms with Crippen molar-refractivity contribution in [1.29, 1.82) is 0 Å². The first-order chi connectivity index (χ1) is 9.10. The van der Waals surface area contributed by atoms with E-state index in [1.54, 1.807) is 12.1 Å². The van der Waals surface area contributed by atoms with Crippen LogP contribution in [0.4, 0.5) is 4.39 Å². The van der Waals surface area contributed by atoms with E-state index >= 15 is 0 Å². The van der Waals surface area contributed by atoms with Crippen LogP contribution in [-0.4, -0.2) is 5.91 Å². The fourth-order valence-electron chi connectivity index (χ4n) is 1.53. The first-order valence-corrected chi connectivity index (χ1v) is 5.57. The minimum atomic E-state index is -0.461. The molecule has 5 nitrogen and oxygen atoms in total. The number of hydrogen-bond donors (Lipinski definition) is 2. The molecule has 0 aliphatic carbocycles. The van der Waals surface area contributed by atoms with Crippen LogP contribution in [0.1, 0.15) is 21.7 Å². The Labute approximate surface area is 109 Å². The van der Waals surface area contributed by atoms with Gasteiger partial charge < -0.3 is 9.15 Å². The van der Waals surface area contributed by atoms with Gasteiger partial charge in [-0.15, -0.1) is 0 Å². The summed E-state index contributed by atoms with van der Waals surface area (Å²) in [6.07, 6.45) is 1.26. The first-order valence-electron chi connectivity index (χ1n) is 5.57. The van der Waals surface area contributed by atoms with Crippen molar-refractivity contribution in [1.82, 2.24) is 5.43 Å². The van der Waals surface area contributed by atoms with Crippen LogP contribution >= 0.6 is 0 Å². The van der Waals surface area contributed by atoms with Gasteiger partial charge in [0.05, 0.1) is 5.56 Å². The molecule has 1 aromatic carbocycles. The third kappa shape index (κ3) is 3.11. The van der Waals surface area contributed by atoms with Crippen LogP contribution in [0.2, 0.25) is 0 Å². The molecule has 0 saturated heterocycles. The maximum Gasteiger partial charge on any atom is 0.268 e. The predicted molar refractivity (Wildman–Crippen MR) is 65.8 cm³/mol. The topological polar surface area (TPSA) is 77.5 Å². The summed E-state index contributed by atoms with van der Waals surface area (Å²) in [6, 6.07) is 6.06. The summed E-state index contributed by atoms with van der Waals surface area (Å²) in [4.78, 5) is 11.2. The summed E-state index contributed by atoms with van der Waals surface area (Å²) in [7, 11) is 0. The molecule has 1 aromatic heterocycles. The Kier molecular flexibility index (Phi) is 3.82. The van der Waals surface area contributed by atoms with Crippen molar-refractivity contribution >= 4 is 5.91 Å². The van der Waals surface area contributed by atoms with Crippen LogP contribution in [0.5, 0.6) is 5.75 Å². The number of ether oxygens (including phenoxy) is 1. The molecule has 19 heavy (non-hydrogen) atoms. The largest absolute Gasteiger partial charge is 0.483 e. The zero-order chi connectivity index (χ0) is 13.8. The molecule has 1 heterocycles. The van der Waals surface area contributed by atoms with Crippen molar-refractivity contribution in [2.45, 2.75) is 13.5 Å². The number of furan rings is 1. The van der Waals surface area contributed by atoms with Crippen molar-refractivity contribution in [3.63, 3.8) is 0 Å². The SMILES string of the molecule is Cc1ccc(F)c(OCc2cc(C(=O)NN)co2)c1. The average Bonchev–Trinajstić information content (AvgIpc) is 2.88. The number of nitrogens with one attached hydrogen (secondary N) is 1. The van der Waals surface area contributed by atoms with Crippen molar-refractivity contribution in [3.05, 3.63) is 53.2 Å². The number of amides is 1. The van der Waals surface area contributed by atoms with Gasteiger partial charge in [-0.05, 0) is 30.7 Å². The van der Waals surface area contributed by atoms with E-state index in [-0.39, 0.29) is 17.9 Å². The van der Waals surface area contributed by atoms with Crippen LogP contribution < -0.4 is 16.0 Å². The second kappa shape index (κ2) is 5.53. The minimum Gasteiger partial charge on any atom is -0.483 e. The Hall–Kier alpha value is -2.34. The highest BCUT2D eigenvalue weighted by Crippen LogP contribution is 2.20. The summed E-state index contributed by atoms with van der Waals surface area (Å²) in [5, 5.41) is 0. The lowest BCUT2D eigenvalue weighted by molar-refractivity contribution is 0.0953. The molecule has 0 saturated carbocycles. The van der Waals surface area contributed by atoms with E-state index in [4.69, 9.17) is 15.0 Å². The summed E-state index contributed by atoms with van der Waals surface area (Å²) in [5.41, 5.74) is 3.16. The molecule has 0 unspecified atom stereocenters. The summed E-state index contributed by atoms with van der Waals surface area (Å²) in [5.74, 6) is 4.63. The molecular weight excluding hydrogens is 251 g/mol. The number of halogens is 1. The minimum absolute atomic E-state index is 0.0260. The van der Waals surface area contributed by atoms with E-state index in [0.29, 0.717) is 5.76 Å². The number of carbonyl (C=O) groups excluding carboxylic acids is 1. The fourth-order valence-corrected chi connectivity index (χ4v) is 1.53. The van der Waals surface area contributed by atoms with E-state index in [1.807, 2.05) is 12.3 Å². The number of rotatable bonds is 4. The van der Waals surface area contributed by atoms with Gasteiger partial charge in [-0.1, -0.05) is 6.07 Å². The third-order valence-corrected chi connectivity index (χ3v) is 2.50. The van der Waals surface area contributed by atoms with E-state index in [1.165, 1.54) is 18.4 Å². The van der Waals surface area contributed by atoms with Gasteiger partial charge in [-0.25, -0.2) is 10.2 Å². The highest BCUT2D eigenvalue weighted by Gasteiger charge is 2.10. The van der Waals surface area contributed by atoms with Crippen LogP contribution in [0.25, 0.3) is 0 Å². The molecule has 2 aromatic rings. The Morgan fingerprint density at radius 2 is 2.26 bits per heavy atom. The Morgan fingerprint density at radius 1 is 1.47 bits per heavy atom. The number of nitrogen functional groups attached to an aromatic ring is 1. The highest BCUT2D eigenvalue weighted by molar-refractivity contribution is 5.93. The number of hydrogen-bond acceptors (Lipinski definition) is 4. The van der Waals surface area contributed by atoms with Crippen LogP contribution in [0, 0.1) is 12.7 Å². The van der Waals surface area contributed by atoms with Gasteiger partial charge in [0.25, 0.3) is 5.91 Å². The lowest BCUT2D eigenvalue weighted by Gasteiger charge is -2.06. The summed E-state index contributed by atoms with van der Waals surface area (Å²) in [6.45, 7) is 1.86. The lowest BCUT2D eigenvalue weighted by Crippen LogP contribution is -2.29. The van der Waals surface area contributed by atoms with Crippen molar-refractivity contribution < 1.29 is 18.3 Å². The van der Waals surface area contributed by atoms with Gasteiger partial charge in [-0.2, -0.15) is 0 Å². The smallest absolute Gasteiger partial charge is 0.268 e. The van der Waals surface area contributed by atoms with Gasteiger partial charge in [0.15, 0.2) is 11.6 Å². The number of benzene rings is 1. The van der Waals surface area contributed by atoms with Gasteiger partial charge >= 0.3 is 0 Å². The van der Waals surface area contributed by atoms with E-state index in [9.17, 15) is 9.18 Å². The van der Waals surface area contributed by atoms with E-state index in [0.717, 1.165) is 5.56 Å². The van der Waals surface area contributed by atoms with E-state index in [2.05, 4.69) is 0 Å². The Morgan fingerprint density at radius 3 is 3.00 bits per heavy atom. The molecule has 0 aliphatic rings. The van der Waals surface area contributed by atoms with Crippen LogP contribution in [0.15, 0.2) is 34.9 Å². The molecule has 1 amide bonds. The first kappa shape index (κ1) is 13.1. The second-order valence-corrected chi connectivity index (χ2v) is 4.00. The fraction of sp³-hybridized carbons (Fsp3) is 0.154. The highest BCUT2D eigenvalue weighted by atomic mass is 19.1. The molecule has 2 rings (SSSR count). The zero-order valence-corrected chi connectivity index (χ0v) is 10.3. The maximum absolute atomic E-state index is 13.4. The van der Waals surface area contributed by atoms with Crippen molar-refractivity contribution in [2.24, 2.45) is 5.84 Å². The number of hydrazine groups is 1. The molecule has 0 fully saturated rings. The summed E-state index contributed by atoms with van der Waals surface area (Å²) >= 11 is 0. The van der Waals surface area contributed by atoms with Gasteiger partial charge in [-0.3, -0.25) is 10.2 Å². The number of aryl methyl sites for hydroxylation is 1. The molecular formula is C13H13FN2O3. The van der Waals surface area contributed by atoms with Crippen LogP contribution in [0.3, 0.4) is 0 Å². The number of nitrogens with two attached hydrogens (primary N) is 1. The monoisotopic (exact) mass is 264 g/mol. The zero-order valence-electron chi connectivity index (χ0n) is 10.3. The number of carbonyl (C=O) groups is 1. The van der Waals surface area contributed by atoms with Crippen LogP contribution in [-0.2, 0) is 6.61 Å². The molecule has 3 N–H and O–H groups in total. The van der Waals surface area contributed by atoms with Crippen molar-refractivity contribution in [2.75, 3.05) is 0 Å². The molecule has 0 bridgehead atoms. The third-order valence-electron chi connectivity index (χ3n) is 2.50. The normalized spacial score (nSPS) is 10.3. The lowest BCUT2D eigenvalue weighted by atomic mass is 10.2. The average molecular weight is 264 g/mol. The molecule has 0 atom stereocenters. The molecule has 100 valence electrons. The van der Waals surface area contributed by atoms with Crippen molar-refractivity contribution in [3.8, 4) is 5.75 Å². The van der Waals surface area contributed by atoms with Gasteiger partial charge in [0.2, 0.25) is 0 Å². The molecule has 6 heteroatoms. The molecule has 0 spiro atoms. The maximum atomic E-state index is 13.4. The molecule has 0 radical (unpaired) electrons. The van der Waals surface area contributed by atoms with Gasteiger partial charge in [0.1, 0.15) is 18.6 Å². The van der Waals surface area contributed by atoms with Gasteiger partial charge in [0, 0.05) is 0 Å². The Balaban J connectivity index is 2.04. The Bertz CT molecular complexity index is 595. The quantitative estimate of drug-likeness (QED) is 0.502. The second-order valence-electron chi connectivity index (χ2n) is 4.00. The standard InChI is InChI=1S/C13H13FN2O3/c1-8-2-3-11(14)12(4-8)19-7-10-5-9(6-18-10)13(17)16-15/h2-6H,7,15H2,1H3,(H,16,17). The predicted octanol–water partition coefficient (Wildman–Crippen LogP) is 1.91.